The van der Waals surface area contributed by atoms with E-state index in [1.807, 2.05) is 6.92 Å². The number of anilines is 2. The van der Waals surface area contributed by atoms with E-state index in [0.29, 0.717) is 16.9 Å². The van der Waals surface area contributed by atoms with Crippen molar-refractivity contribution in [2.45, 2.75) is 26.8 Å². The number of halogens is 2. The molecular weight excluding hydrogens is 406 g/mol. The minimum absolute atomic E-state index is 0.229. The van der Waals surface area contributed by atoms with Crippen LogP contribution in [-0.4, -0.2) is 21.6 Å². The largest absolute Gasteiger partial charge is 0.326 e. The molecule has 31 heavy (non-hydrogen) atoms. The second-order valence-electron chi connectivity index (χ2n) is 7.00. The van der Waals surface area contributed by atoms with Crippen molar-refractivity contribution in [3.63, 3.8) is 0 Å². The van der Waals surface area contributed by atoms with Gasteiger partial charge in [-0.15, -0.1) is 0 Å². The van der Waals surface area contributed by atoms with Crippen molar-refractivity contribution < 1.29 is 18.4 Å². The van der Waals surface area contributed by atoms with Crippen molar-refractivity contribution in [2.24, 2.45) is 0 Å². The number of carbonyl (C=O) groups is 2. The summed E-state index contributed by atoms with van der Waals surface area (Å²) in [6.07, 6.45) is 0. The number of hydrogen-bond donors (Lipinski definition) is 2. The zero-order chi connectivity index (χ0) is 22.7. The van der Waals surface area contributed by atoms with Gasteiger partial charge in [0.25, 0.3) is 5.56 Å². The first-order valence-electron chi connectivity index (χ1n) is 9.40. The molecule has 9 heteroatoms. The lowest BCUT2D eigenvalue weighted by atomic mass is 10.1. The molecule has 0 saturated heterocycles. The van der Waals surface area contributed by atoms with E-state index >= 15 is 0 Å². The maximum absolute atomic E-state index is 13.8. The zero-order valence-electron chi connectivity index (χ0n) is 17.1. The first kappa shape index (κ1) is 21.8. The van der Waals surface area contributed by atoms with Gasteiger partial charge in [0.15, 0.2) is 0 Å². The summed E-state index contributed by atoms with van der Waals surface area (Å²) in [7, 11) is 0. The van der Waals surface area contributed by atoms with Crippen molar-refractivity contribution >= 4 is 23.2 Å². The lowest BCUT2D eigenvalue weighted by Crippen LogP contribution is -2.33. The van der Waals surface area contributed by atoms with Crippen molar-refractivity contribution in [3.05, 3.63) is 76.1 Å². The molecule has 0 unspecified atom stereocenters. The topological polar surface area (TPSA) is 93.1 Å². The van der Waals surface area contributed by atoms with Gasteiger partial charge in [0.2, 0.25) is 11.8 Å². The van der Waals surface area contributed by atoms with E-state index in [1.54, 1.807) is 18.2 Å². The lowest BCUT2D eigenvalue weighted by molar-refractivity contribution is -0.119. The van der Waals surface area contributed by atoms with Gasteiger partial charge in [-0.3, -0.25) is 14.4 Å². The molecule has 1 heterocycles. The normalized spacial score (nSPS) is 11.6. The third-order valence-corrected chi connectivity index (χ3v) is 4.60. The van der Waals surface area contributed by atoms with Crippen LogP contribution < -0.4 is 16.2 Å². The first-order valence-corrected chi connectivity index (χ1v) is 9.40. The summed E-state index contributed by atoms with van der Waals surface area (Å²) in [6, 6.07) is 9.60. The monoisotopic (exact) mass is 426 g/mol. The highest BCUT2D eigenvalue weighted by Gasteiger charge is 2.20. The number of carbonyl (C=O) groups excluding carboxylic acids is 2. The van der Waals surface area contributed by atoms with Crippen LogP contribution >= 0.6 is 0 Å². The Morgan fingerprint density at radius 1 is 1.00 bits per heavy atom. The summed E-state index contributed by atoms with van der Waals surface area (Å²) in [5, 5.41) is 9.25. The van der Waals surface area contributed by atoms with Crippen LogP contribution in [0.25, 0.3) is 11.3 Å². The van der Waals surface area contributed by atoms with Crippen LogP contribution in [0.2, 0.25) is 0 Å². The molecule has 0 aliphatic carbocycles. The molecule has 0 aliphatic rings. The van der Waals surface area contributed by atoms with Crippen molar-refractivity contribution in [1.82, 2.24) is 9.78 Å². The maximum Gasteiger partial charge on any atom is 0.267 e. The van der Waals surface area contributed by atoms with Crippen LogP contribution in [0, 0.1) is 18.6 Å². The van der Waals surface area contributed by atoms with Gasteiger partial charge in [-0.25, -0.2) is 13.5 Å². The van der Waals surface area contributed by atoms with Crippen LogP contribution in [0.5, 0.6) is 0 Å². The van der Waals surface area contributed by atoms with Gasteiger partial charge in [-0.05, 0) is 43.7 Å². The first-order chi connectivity index (χ1) is 14.7. The van der Waals surface area contributed by atoms with E-state index in [1.165, 1.54) is 26.0 Å². The summed E-state index contributed by atoms with van der Waals surface area (Å²) in [5.74, 6) is -2.48. The summed E-state index contributed by atoms with van der Waals surface area (Å²) in [4.78, 5) is 36.3. The zero-order valence-corrected chi connectivity index (χ0v) is 17.1. The second-order valence-corrected chi connectivity index (χ2v) is 7.00. The molecule has 2 amide bonds. The van der Waals surface area contributed by atoms with E-state index in [0.717, 1.165) is 28.4 Å². The predicted octanol–water partition coefficient (Wildman–Crippen LogP) is 3.66. The van der Waals surface area contributed by atoms with Crippen LogP contribution in [0.1, 0.15) is 25.5 Å². The molecule has 0 fully saturated rings. The summed E-state index contributed by atoms with van der Waals surface area (Å²) in [5.41, 5.74) is 1.57. The smallest absolute Gasteiger partial charge is 0.267 e. The van der Waals surface area contributed by atoms with Gasteiger partial charge < -0.3 is 10.6 Å². The van der Waals surface area contributed by atoms with Gasteiger partial charge in [0.1, 0.15) is 17.7 Å². The van der Waals surface area contributed by atoms with Crippen LogP contribution in [0.15, 0.2) is 53.3 Å². The Hall–Kier alpha value is -3.88. The van der Waals surface area contributed by atoms with Crippen molar-refractivity contribution in [1.29, 1.82) is 0 Å². The number of nitrogens with one attached hydrogen (secondary N) is 2. The Balaban J connectivity index is 1.92. The summed E-state index contributed by atoms with van der Waals surface area (Å²) in [6.45, 7) is 4.65. The average Bonchev–Trinajstić information content (AvgIpc) is 2.72. The fourth-order valence-electron chi connectivity index (χ4n) is 2.90. The number of benzene rings is 2. The molecule has 0 spiro atoms. The molecule has 0 bridgehead atoms. The Bertz CT molecular complexity index is 1220. The number of amides is 2. The van der Waals surface area contributed by atoms with Gasteiger partial charge in [-0.2, -0.15) is 5.10 Å². The Labute approximate surface area is 176 Å². The van der Waals surface area contributed by atoms with E-state index in [-0.39, 0.29) is 11.6 Å². The molecule has 1 atom stereocenters. The average molecular weight is 426 g/mol. The van der Waals surface area contributed by atoms with E-state index < -0.39 is 29.1 Å². The molecule has 7 nitrogen and oxygen atoms in total. The minimum atomic E-state index is -1.10. The van der Waals surface area contributed by atoms with Gasteiger partial charge >= 0.3 is 0 Å². The van der Waals surface area contributed by atoms with Crippen molar-refractivity contribution in [3.8, 4) is 11.3 Å². The van der Waals surface area contributed by atoms with E-state index in [4.69, 9.17) is 0 Å². The van der Waals surface area contributed by atoms with Gasteiger partial charge in [0.05, 0.1) is 11.4 Å². The highest BCUT2D eigenvalue weighted by Crippen LogP contribution is 2.24. The van der Waals surface area contributed by atoms with Crippen LogP contribution in [-0.2, 0) is 9.59 Å². The van der Waals surface area contributed by atoms with Gasteiger partial charge in [0, 0.05) is 30.3 Å². The third kappa shape index (κ3) is 5.00. The standard InChI is InChI=1S/C22H20F2N4O3/c1-12-4-5-15(10-19(12)25-14(3)29)18-8-9-21(30)28(27-18)13(2)22(31)26-20-11-16(23)6-7-17(20)24/h4-11,13H,1-3H3,(H,25,29)(H,26,31)/t13-/m1/s1. The molecule has 2 aromatic carbocycles. The lowest BCUT2D eigenvalue weighted by Gasteiger charge is -2.16. The highest BCUT2D eigenvalue weighted by molar-refractivity contribution is 5.93. The molecule has 0 radical (unpaired) electrons. The molecule has 160 valence electrons. The van der Waals surface area contributed by atoms with E-state index in [2.05, 4.69) is 15.7 Å². The number of aromatic nitrogens is 2. The minimum Gasteiger partial charge on any atom is -0.326 e. The number of aryl methyl sites for hydroxylation is 1. The quantitative estimate of drug-likeness (QED) is 0.651. The van der Waals surface area contributed by atoms with E-state index in [9.17, 15) is 23.2 Å². The molecule has 2 N–H and O–H groups in total. The summed E-state index contributed by atoms with van der Waals surface area (Å²) < 4.78 is 28.1. The Morgan fingerprint density at radius 3 is 2.45 bits per heavy atom. The maximum atomic E-state index is 13.8. The third-order valence-electron chi connectivity index (χ3n) is 4.60. The number of nitrogens with zero attached hydrogens (tertiary/aromatic N) is 2. The number of rotatable bonds is 5. The molecule has 1 aromatic heterocycles. The van der Waals surface area contributed by atoms with Crippen molar-refractivity contribution in [2.75, 3.05) is 10.6 Å². The fraction of sp³-hybridized carbons (Fsp3) is 0.182. The molecule has 0 aliphatic heterocycles. The summed E-state index contributed by atoms with van der Waals surface area (Å²) >= 11 is 0. The van der Waals surface area contributed by atoms with Crippen LogP contribution in [0.3, 0.4) is 0 Å². The Morgan fingerprint density at radius 2 is 1.74 bits per heavy atom. The second kappa shape index (κ2) is 8.86. The highest BCUT2D eigenvalue weighted by atomic mass is 19.1. The fourth-order valence-corrected chi connectivity index (χ4v) is 2.90. The SMILES string of the molecule is CC(=O)Nc1cc(-c2ccc(=O)n([C@H](C)C(=O)Nc3cc(F)ccc3F)n2)ccc1C. The molecule has 3 rings (SSSR count). The molecule has 0 saturated carbocycles. The number of hydrogen-bond acceptors (Lipinski definition) is 4. The Kier molecular flexibility index (Phi) is 6.24. The predicted molar refractivity (Wildman–Crippen MR) is 113 cm³/mol. The van der Waals surface area contributed by atoms with Crippen LogP contribution in [0.4, 0.5) is 20.2 Å². The molecule has 3 aromatic rings. The molecular formula is C22H20F2N4O3. The van der Waals surface area contributed by atoms with Gasteiger partial charge in [-0.1, -0.05) is 12.1 Å².